The van der Waals surface area contributed by atoms with E-state index in [-0.39, 0.29) is 19.2 Å². The maximum absolute atomic E-state index is 2.45. The number of benzene rings is 3. The molecule has 1 unspecified atom stereocenters. The topological polar surface area (TPSA) is 0 Å². The van der Waals surface area contributed by atoms with E-state index in [9.17, 15) is 0 Å². The van der Waals surface area contributed by atoms with E-state index in [4.69, 9.17) is 0 Å². The number of fused-ring (bicyclic) bond motifs is 1. The Morgan fingerprint density at radius 3 is 1.69 bits per heavy atom. The van der Waals surface area contributed by atoms with Gasteiger partial charge in [0.1, 0.15) is 0 Å². The van der Waals surface area contributed by atoms with Gasteiger partial charge in [0.05, 0.1) is 0 Å². The molecule has 1 aliphatic rings. The van der Waals surface area contributed by atoms with Crippen LogP contribution in [0.25, 0.3) is 5.57 Å². The van der Waals surface area contributed by atoms with Crippen LogP contribution in [0.5, 0.6) is 0 Å². The van der Waals surface area contributed by atoms with Gasteiger partial charge in [-0.15, -0.1) is 0 Å². The van der Waals surface area contributed by atoms with E-state index in [0.29, 0.717) is 0 Å². The van der Waals surface area contributed by atoms with Crippen LogP contribution in [0, 0.1) is 0 Å². The molecule has 0 aliphatic heterocycles. The van der Waals surface area contributed by atoms with Crippen LogP contribution in [0.15, 0.2) is 90.5 Å². The van der Waals surface area contributed by atoms with E-state index in [2.05, 4.69) is 112 Å². The third-order valence-corrected chi connectivity index (χ3v) is 10.0. The van der Waals surface area contributed by atoms with E-state index in [1.165, 1.54) is 31.7 Å². The van der Waals surface area contributed by atoms with Crippen molar-refractivity contribution in [3.8, 4) is 0 Å². The van der Waals surface area contributed by atoms with Crippen molar-refractivity contribution in [3.05, 3.63) is 113 Å². The van der Waals surface area contributed by atoms with Crippen LogP contribution in [-0.4, -0.2) is 8.80 Å². The monoisotopic (exact) mass is 432 g/mol. The van der Waals surface area contributed by atoms with Gasteiger partial charge in [0.25, 0.3) is 0 Å². The Morgan fingerprint density at radius 1 is 0.690 bits per heavy atom. The number of allylic oxidation sites excluding steroid dienone is 2. The summed E-state index contributed by atoms with van der Waals surface area (Å²) in [6.45, 7) is 9.48. The molecule has 0 saturated carbocycles. The zero-order valence-electron chi connectivity index (χ0n) is 18.2. The van der Waals surface area contributed by atoms with Crippen LogP contribution in [-0.2, 0) is 28.6 Å². The summed E-state index contributed by atoms with van der Waals surface area (Å²) in [6.07, 6.45) is 0. The van der Waals surface area contributed by atoms with Crippen molar-refractivity contribution >= 4 is 14.4 Å². The first kappa shape index (κ1) is 22.0. The summed E-state index contributed by atoms with van der Waals surface area (Å²) in [4.78, 5) is 0. The number of hydrogen-bond donors (Lipinski definition) is 0. The van der Waals surface area contributed by atoms with E-state index in [0.717, 1.165) is 5.54 Å². The van der Waals surface area contributed by atoms with Crippen molar-refractivity contribution in [3.63, 3.8) is 0 Å². The molecule has 0 N–H and O–H groups in total. The Balaban J connectivity index is 0.000000166. The van der Waals surface area contributed by atoms with Crippen molar-refractivity contribution in [1.29, 1.82) is 0 Å². The van der Waals surface area contributed by atoms with Gasteiger partial charge in [-0.2, -0.15) is 0 Å². The molecular weight excluding hydrogens is 400 g/mol. The molecule has 0 fully saturated rings. The first-order chi connectivity index (χ1) is 14.1. The molecule has 0 aromatic heterocycles. The average molecular weight is 433 g/mol. The quantitative estimate of drug-likeness (QED) is 0.378. The van der Waals surface area contributed by atoms with Crippen LogP contribution in [0.3, 0.4) is 0 Å². The van der Waals surface area contributed by atoms with E-state index in [1.807, 2.05) is 0 Å². The van der Waals surface area contributed by atoms with Gasteiger partial charge >= 0.3 is 100 Å². The molecule has 148 valence electrons. The molecule has 0 saturated heterocycles. The summed E-state index contributed by atoms with van der Waals surface area (Å²) in [5.74, 6) is 0. The second kappa shape index (κ2) is 10.9. The van der Waals surface area contributed by atoms with Crippen molar-refractivity contribution in [1.82, 2.24) is 0 Å². The Morgan fingerprint density at radius 2 is 1.17 bits per heavy atom. The van der Waals surface area contributed by atoms with Gasteiger partial charge in [-0.25, -0.2) is 0 Å². The summed E-state index contributed by atoms with van der Waals surface area (Å²) in [5, 5.41) is 0. The Kier molecular flexibility index (Phi) is 8.30. The van der Waals surface area contributed by atoms with Gasteiger partial charge in [-0.05, 0) is 36.1 Å². The molecule has 0 amide bonds. The molecule has 0 nitrogen and oxygen atoms in total. The van der Waals surface area contributed by atoms with E-state index in [1.54, 1.807) is 11.1 Å². The SMILES string of the molecule is CC1=C(C)C([SiH](C)C)c2ccccc21.c1ccc([CH2][Ti][CH2]c2ccccc2)cc1. The number of hydrogen-bond acceptors (Lipinski definition) is 0. The molecule has 0 bridgehead atoms. The molecule has 0 radical (unpaired) electrons. The van der Waals surface area contributed by atoms with Crippen molar-refractivity contribution in [2.75, 3.05) is 0 Å². The van der Waals surface area contributed by atoms with Crippen LogP contribution >= 0.6 is 0 Å². The molecule has 2 heteroatoms. The van der Waals surface area contributed by atoms with E-state index < -0.39 is 8.80 Å². The predicted octanol–water partition coefficient (Wildman–Crippen LogP) is 7.07. The molecule has 1 aliphatic carbocycles. The second-order valence-electron chi connectivity index (χ2n) is 8.19. The predicted molar refractivity (Wildman–Crippen MR) is 127 cm³/mol. The summed E-state index contributed by atoms with van der Waals surface area (Å²) >= 11 is 0.136. The Labute approximate surface area is 187 Å². The summed E-state index contributed by atoms with van der Waals surface area (Å²) < 4.78 is 2.60. The summed E-state index contributed by atoms with van der Waals surface area (Å²) in [7, 11) is -0.614. The third kappa shape index (κ3) is 5.92. The maximum atomic E-state index is 2.45. The fourth-order valence-corrected chi connectivity index (χ4v) is 8.28. The van der Waals surface area contributed by atoms with Gasteiger partial charge in [-0.3, -0.25) is 0 Å². The second-order valence-corrected chi connectivity index (χ2v) is 13.2. The third-order valence-electron chi connectivity index (χ3n) is 5.77. The van der Waals surface area contributed by atoms with Crippen LogP contribution in [0.2, 0.25) is 13.1 Å². The normalized spacial score (nSPS) is 15.0. The molecule has 3 aromatic rings. The fraction of sp³-hybridized carbons (Fsp3) is 0.259. The van der Waals surface area contributed by atoms with Crippen molar-refractivity contribution < 1.29 is 19.2 Å². The molecule has 3 aromatic carbocycles. The first-order valence-corrected chi connectivity index (χ1v) is 15.8. The molecule has 4 rings (SSSR count). The van der Waals surface area contributed by atoms with Gasteiger partial charge < -0.3 is 0 Å². The first-order valence-electron chi connectivity index (χ1n) is 10.6. The molecular formula is C27H32SiTi. The average Bonchev–Trinajstić information content (AvgIpc) is 3.01. The zero-order valence-corrected chi connectivity index (χ0v) is 20.9. The molecule has 0 spiro atoms. The summed E-state index contributed by atoms with van der Waals surface area (Å²) in [6, 6.07) is 30.5. The Bertz CT molecular complexity index is 890. The van der Waals surface area contributed by atoms with E-state index >= 15 is 0 Å². The minimum atomic E-state index is -0.614. The van der Waals surface area contributed by atoms with Crippen molar-refractivity contribution in [2.45, 2.75) is 41.9 Å². The van der Waals surface area contributed by atoms with Crippen molar-refractivity contribution in [2.24, 2.45) is 0 Å². The van der Waals surface area contributed by atoms with Gasteiger partial charge in [0.15, 0.2) is 0 Å². The minimum absolute atomic E-state index is 0.136. The van der Waals surface area contributed by atoms with Gasteiger partial charge in [-0.1, -0.05) is 42.9 Å². The van der Waals surface area contributed by atoms with Crippen LogP contribution < -0.4 is 0 Å². The van der Waals surface area contributed by atoms with Crippen LogP contribution in [0.4, 0.5) is 0 Å². The van der Waals surface area contributed by atoms with Gasteiger partial charge in [0, 0.05) is 8.80 Å². The van der Waals surface area contributed by atoms with Gasteiger partial charge in [0.2, 0.25) is 0 Å². The summed E-state index contributed by atoms with van der Waals surface area (Å²) in [5.41, 5.74) is 9.99. The number of rotatable bonds is 5. The standard InChI is InChI=1S/C13H18Si.2C7H7.Ti/c1-9-10(2)13(14(3)4)12-8-6-5-7-11(9)12;2*1-7-5-3-2-4-6-7;/h5-8,13-14H,1-4H3;2*2-6H,1H2;. The molecule has 29 heavy (non-hydrogen) atoms. The fourth-order valence-electron chi connectivity index (χ4n) is 4.19. The van der Waals surface area contributed by atoms with Crippen LogP contribution in [0.1, 0.15) is 41.6 Å². The zero-order chi connectivity index (χ0) is 20.6. The Hall–Kier alpha value is -1.67. The molecule has 1 atom stereocenters. The molecule has 0 heterocycles.